The average Bonchev–Trinajstić information content (AvgIpc) is 2.16. The Morgan fingerprint density at radius 3 is 3.14 bits per heavy atom. The number of aliphatic carboxylic acids is 1. The number of pyridine rings is 1. The number of carboxylic acids is 1. The molecule has 74 valence electrons. The van der Waals surface area contributed by atoms with E-state index in [9.17, 15) is 4.79 Å². The van der Waals surface area contributed by atoms with Crippen LogP contribution in [0, 0.1) is 0 Å². The van der Waals surface area contributed by atoms with Gasteiger partial charge in [-0.05, 0) is 30.9 Å². The fraction of sp³-hybridized carbons (Fsp3) is 0.400. The Morgan fingerprint density at radius 2 is 2.43 bits per heavy atom. The van der Waals surface area contributed by atoms with Crippen LogP contribution in [0.4, 0.5) is 0 Å². The number of carbonyl (C=O) groups is 1. The third kappa shape index (κ3) is 1.60. The minimum atomic E-state index is -0.782. The monoisotopic (exact) mass is 211 g/mol. The van der Waals surface area contributed by atoms with Crippen molar-refractivity contribution in [2.75, 3.05) is 0 Å². The van der Waals surface area contributed by atoms with E-state index in [1.54, 1.807) is 12.3 Å². The summed E-state index contributed by atoms with van der Waals surface area (Å²) in [5, 5.41) is 9.52. The molecule has 0 bridgehead atoms. The number of aromatic nitrogens is 1. The normalized spacial score (nSPS) is 20.2. The fourth-order valence-electron chi connectivity index (χ4n) is 1.88. The Bertz CT molecular complexity index is 378. The molecule has 14 heavy (non-hydrogen) atoms. The molecule has 0 fully saturated rings. The van der Waals surface area contributed by atoms with Gasteiger partial charge in [0.1, 0.15) is 0 Å². The van der Waals surface area contributed by atoms with E-state index in [1.807, 2.05) is 0 Å². The summed E-state index contributed by atoms with van der Waals surface area (Å²) in [4.78, 5) is 15.1. The number of hydrogen-bond donors (Lipinski definition) is 1. The molecule has 1 aliphatic carbocycles. The number of fused-ring (bicyclic) bond motifs is 1. The van der Waals surface area contributed by atoms with Gasteiger partial charge in [-0.25, -0.2) is 0 Å². The van der Waals surface area contributed by atoms with Crippen LogP contribution in [0.25, 0.3) is 0 Å². The molecule has 0 aromatic carbocycles. The van der Waals surface area contributed by atoms with Crippen molar-refractivity contribution >= 4 is 17.6 Å². The fourth-order valence-corrected chi connectivity index (χ4v) is 2.05. The van der Waals surface area contributed by atoms with Gasteiger partial charge in [-0.3, -0.25) is 9.78 Å². The third-order valence-electron chi connectivity index (χ3n) is 2.55. The van der Waals surface area contributed by atoms with Gasteiger partial charge in [-0.1, -0.05) is 11.6 Å². The summed E-state index contributed by atoms with van der Waals surface area (Å²) in [5.74, 6) is -1.21. The molecule has 1 unspecified atom stereocenters. The zero-order valence-electron chi connectivity index (χ0n) is 7.53. The van der Waals surface area contributed by atoms with Crippen LogP contribution in [0.3, 0.4) is 0 Å². The molecule has 1 N–H and O–H groups in total. The van der Waals surface area contributed by atoms with Crippen molar-refractivity contribution in [3.05, 3.63) is 28.5 Å². The van der Waals surface area contributed by atoms with Crippen LogP contribution in [0.5, 0.6) is 0 Å². The number of carboxylic acid groups (broad SMARTS) is 1. The van der Waals surface area contributed by atoms with Crippen LogP contribution in [-0.2, 0) is 11.2 Å². The number of aryl methyl sites for hydroxylation is 1. The van der Waals surface area contributed by atoms with Gasteiger partial charge in [0.05, 0.1) is 10.9 Å². The molecule has 4 heteroatoms. The second-order valence-electron chi connectivity index (χ2n) is 3.47. The van der Waals surface area contributed by atoms with Crippen molar-refractivity contribution in [2.24, 2.45) is 0 Å². The average molecular weight is 212 g/mol. The van der Waals surface area contributed by atoms with Gasteiger partial charge in [0, 0.05) is 11.9 Å². The van der Waals surface area contributed by atoms with E-state index in [0.29, 0.717) is 11.4 Å². The van der Waals surface area contributed by atoms with Gasteiger partial charge >= 0.3 is 5.97 Å². The lowest BCUT2D eigenvalue weighted by atomic mass is 9.86. The van der Waals surface area contributed by atoms with Crippen LogP contribution >= 0.6 is 11.6 Å². The number of hydrogen-bond acceptors (Lipinski definition) is 2. The maximum atomic E-state index is 11.0. The molecule has 0 amide bonds. The smallest absolute Gasteiger partial charge is 0.311 e. The Hall–Kier alpha value is -1.09. The van der Waals surface area contributed by atoms with Gasteiger partial charge in [0.25, 0.3) is 0 Å². The Balaban J connectivity index is 2.46. The molecule has 0 radical (unpaired) electrons. The molecule has 0 spiro atoms. The predicted molar refractivity (Wildman–Crippen MR) is 52.6 cm³/mol. The standard InChI is InChI=1S/C10H10ClNO2/c11-6-4-8-7(10(13)14)2-1-3-9(8)12-5-6/h4-5,7H,1-3H2,(H,13,14). The Labute approximate surface area is 86.7 Å². The van der Waals surface area contributed by atoms with E-state index >= 15 is 0 Å². The first-order valence-corrected chi connectivity index (χ1v) is 4.93. The van der Waals surface area contributed by atoms with Gasteiger partial charge in [0.15, 0.2) is 0 Å². The van der Waals surface area contributed by atoms with Crippen LogP contribution < -0.4 is 0 Å². The summed E-state index contributed by atoms with van der Waals surface area (Å²) < 4.78 is 0. The molecule has 1 aromatic heterocycles. The number of rotatable bonds is 1. The van der Waals surface area contributed by atoms with Crippen LogP contribution in [0.1, 0.15) is 30.0 Å². The highest BCUT2D eigenvalue weighted by Gasteiger charge is 2.26. The number of halogens is 1. The first-order valence-electron chi connectivity index (χ1n) is 4.55. The van der Waals surface area contributed by atoms with Crippen LogP contribution in [-0.4, -0.2) is 16.1 Å². The van der Waals surface area contributed by atoms with E-state index in [4.69, 9.17) is 16.7 Å². The van der Waals surface area contributed by atoms with E-state index < -0.39 is 11.9 Å². The van der Waals surface area contributed by atoms with Crippen molar-refractivity contribution in [1.82, 2.24) is 4.98 Å². The van der Waals surface area contributed by atoms with Crippen LogP contribution in [0.15, 0.2) is 12.3 Å². The minimum Gasteiger partial charge on any atom is -0.481 e. The first kappa shape index (κ1) is 9.46. The molecule has 1 heterocycles. The highest BCUT2D eigenvalue weighted by atomic mass is 35.5. The third-order valence-corrected chi connectivity index (χ3v) is 2.76. The topological polar surface area (TPSA) is 50.2 Å². The highest BCUT2D eigenvalue weighted by molar-refractivity contribution is 6.30. The second kappa shape index (κ2) is 3.58. The summed E-state index contributed by atoms with van der Waals surface area (Å²) in [5.41, 5.74) is 1.67. The van der Waals surface area contributed by atoms with Gasteiger partial charge < -0.3 is 5.11 Å². The predicted octanol–water partition coefficient (Wildman–Crippen LogP) is 2.24. The summed E-state index contributed by atoms with van der Waals surface area (Å²) >= 11 is 5.79. The largest absolute Gasteiger partial charge is 0.481 e. The molecule has 2 rings (SSSR count). The second-order valence-corrected chi connectivity index (χ2v) is 3.91. The molecule has 1 atom stereocenters. The van der Waals surface area contributed by atoms with E-state index in [0.717, 1.165) is 24.1 Å². The summed E-state index contributed by atoms with van der Waals surface area (Å²) in [6, 6.07) is 1.72. The lowest BCUT2D eigenvalue weighted by molar-refractivity contribution is -0.139. The van der Waals surface area contributed by atoms with Crippen molar-refractivity contribution in [3.8, 4) is 0 Å². The SMILES string of the molecule is O=C(O)C1CCCc2ncc(Cl)cc21. The highest BCUT2D eigenvalue weighted by Crippen LogP contribution is 2.31. The summed E-state index contributed by atoms with van der Waals surface area (Å²) in [6.45, 7) is 0. The molecular weight excluding hydrogens is 202 g/mol. The van der Waals surface area contributed by atoms with E-state index in [-0.39, 0.29) is 0 Å². The van der Waals surface area contributed by atoms with Crippen LogP contribution in [0.2, 0.25) is 5.02 Å². The van der Waals surface area contributed by atoms with Crippen molar-refractivity contribution < 1.29 is 9.90 Å². The lowest BCUT2D eigenvalue weighted by Crippen LogP contribution is -2.18. The van der Waals surface area contributed by atoms with Gasteiger partial charge in [-0.2, -0.15) is 0 Å². The van der Waals surface area contributed by atoms with E-state index in [2.05, 4.69) is 4.98 Å². The molecule has 3 nitrogen and oxygen atoms in total. The zero-order valence-corrected chi connectivity index (χ0v) is 8.29. The zero-order chi connectivity index (χ0) is 10.1. The molecule has 0 saturated heterocycles. The summed E-state index contributed by atoms with van der Waals surface area (Å²) in [7, 11) is 0. The van der Waals surface area contributed by atoms with Crippen molar-refractivity contribution in [3.63, 3.8) is 0 Å². The molecule has 1 aliphatic rings. The maximum Gasteiger partial charge on any atom is 0.311 e. The quantitative estimate of drug-likeness (QED) is 0.775. The Morgan fingerprint density at radius 1 is 1.64 bits per heavy atom. The lowest BCUT2D eigenvalue weighted by Gasteiger charge is -2.21. The maximum absolute atomic E-state index is 11.0. The van der Waals surface area contributed by atoms with Gasteiger partial charge in [0.2, 0.25) is 0 Å². The Kier molecular flexibility index (Phi) is 2.42. The summed E-state index contributed by atoms with van der Waals surface area (Å²) in [6.07, 6.45) is 4.00. The number of nitrogens with zero attached hydrogens (tertiary/aromatic N) is 1. The molecular formula is C10H10ClNO2. The van der Waals surface area contributed by atoms with E-state index in [1.165, 1.54) is 0 Å². The minimum absolute atomic E-state index is 0.426. The molecule has 0 saturated carbocycles. The van der Waals surface area contributed by atoms with Crippen molar-refractivity contribution in [2.45, 2.75) is 25.2 Å². The van der Waals surface area contributed by atoms with Crippen molar-refractivity contribution in [1.29, 1.82) is 0 Å². The van der Waals surface area contributed by atoms with Gasteiger partial charge in [-0.15, -0.1) is 0 Å². The molecule has 1 aromatic rings. The first-order chi connectivity index (χ1) is 6.68. The molecule has 0 aliphatic heterocycles.